The molecule has 4 nitrogen and oxygen atoms in total. The average Bonchev–Trinajstić information content (AvgIpc) is 2.52. The lowest BCUT2D eigenvalue weighted by atomic mass is 10.2. The molecule has 2 aromatic rings. The smallest absolute Gasteiger partial charge is 0.253 e. The molecule has 0 saturated carbocycles. The van der Waals surface area contributed by atoms with Crippen molar-refractivity contribution >= 4 is 46.6 Å². The van der Waals surface area contributed by atoms with Crippen molar-refractivity contribution in [3.05, 3.63) is 68.7 Å². The van der Waals surface area contributed by atoms with Crippen molar-refractivity contribution in [1.82, 2.24) is 10.6 Å². The molecule has 2 rings (SSSR count). The van der Waals surface area contributed by atoms with E-state index in [1.807, 2.05) is 12.1 Å². The third-order valence-electron chi connectivity index (χ3n) is 2.99. The average molecular weight is 372 g/mol. The Bertz CT molecular complexity index is 718. The molecule has 23 heavy (non-hydrogen) atoms. The lowest BCUT2D eigenvalue weighted by Crippen LogP contribution is -2.36. The largest absolute Gasteiger partial charge is 0.350 e. The van der Waals surface area contributed by atoms with Gasteiger partial charge in [0.25, 0.3) is 5.91 Å². The van der Waals surface area contributed by atoms with Gasteiger partial charge in [-0.3, -0.25) is 9.59 Å². The summed E-state index contributed by atoms with van der Waals surface area (Å²) < 4.78 is 0. The number of carbonyl (C=O) groups excluding carboxylic acids is 2. The molecule has 2 amide bonds. The Kier molecular flexibility index (Phi) is 6.28. The summed E-state index contributed by atoms with van der Waals surface area (Å²) in [6, 6.07) is 11.7. The fraction of sp³-hybridized carbons (Fsp3) is 0.125. The van der Waals surface area contributed by atoms with Crippen LogP contribution in [0.15, 0.2) is 42.5 Å². The molecule has 7 heteroatoms. The van der Waals surface area contributed by atoms with E-state index >= 15 is 0 Å². The summed E-state index contributed by atoms with van der Waals surface area (Å²) >= 11 is 17.5. The van der Waals surface area contributed by atoms with E-state index in [4.69, 9.17) is 34.8 Å². The maximum Gasteiger partial charge on any atom is 0.253 e. The minimum absolute atomic E-state index is 0.147. The molecule has 120 valence electrons. The van der Waals surface area contributed by atoms with Crippen LogP contribution in [-0.2, 0) is 11.3 Å². The van der Waals surface area contributed by atoms with Crippen LogP contribution in [0.5, 0.6) is 0 Å². The van der Waals surface area contributed by atoms with Gasteiger partial charge < -0.3 is 10.6 Å². The van der Waals surface area contributed by atoms with Crippen molar-refractivity contribution in [3.63, 3.8) is 0 Å². The lowest BCUT2D eigenvalue weighted by Gasteiger charge is -2.08. The Hall–Kier alpha value is -1.75. The zero-order chi connectivity index (χ0) is 16.8. The van der Waals surface area contributed by atoms with Gasteiger partial charge in [0.1, 0.15) is 0 Å². The molecule has 0 saturated heterocycles. The lowest BCUT2D eigenvalue weighted by molar-refractivity contribution is -0.120. The maximum atomic E-state index is 12.0. The van der Waals surface area contributed by atoms with Gasteiger partial charge in [0.2, 0.25) is 5.91 Å². The number of amides is 2. The molecule has 2 N–H and O–H groups in total. The first-order valence-corrected chi connectivity index (χ1v) is 7.83. The summed E-state index contributed by atoms with van der Waals surface area (Å²) in [6.45, 7) is 0.207. The van der Waals surface area contributed by atoms with Crippen LogP contribution in [0, 0.1) is 0 Å². The molecular weight excluding hydrogens is 359 g/mol. The molecule has 0 atom stereocenters. The van der Waals surface area contributed by atoms with Crippen LogP contribution in [0.1, 0.15) is 15.9 Å². The van der Waals surface area contributed by atoms with Crippen LogP contribution in [0.4, 0.5) is 0 Å². The number of nitrogens with one attached hydrogen (secondary N) is 2. The Labute approximate surface area is 148 Å². The van der Waals surface area contributed by atoms with Crippen molar-refractivity contribution in [1.29, 1.82) is 0 Å². The second-order valence-electron chi connectivity index (χ2n) is 4.71. The standard InChI is InChI=1S/C16H13Cl3N2O2/c17-11-3-1-10(2-4-11)8-20-15(22)9-21-16(23)13-6-5-12(18)7-14(13)19/h1-7H,8-9H2,(H,20,22)(H,21,23). The number of halogens is 3. The van der Waals surface area contributed by atoms with E-state index in [-0.39, 0.29) is 23.0 Å². The maximum absolute atomic E-state index is 12.0. The molecule has 0 aromatic heterocycles. The van der Waals surface area contributed by atoms with E-state index in [2.05, 4.69) is 10.6 Å². The van der Waals surface area contributed by atoms with Crippen LogP contribution in [0.25, 0.3) is 0 Å². The number of benzene rings is 2. The normalized spacial score (nSPS) is 10.2. The summed E-state index contributed by atoms with van der Waals surface area (Å²) in [6.07, 6.45) is 0. The fourth-order valence-corrected chi connectivity index (χ4v) is 2.42. The van der Waals surface area contributed by atoms with Crippen molar-refractivity contribution < 1.29 is 9.59 Å². The highest BCUT2D eigenvalue weighted by Gasteiger charge is 2.11. The first-order valence-electron chi connectivity index (χ1n) is 6.70. The monoisotopic (exact) mass is 370 g/mol. The Morgan fingerprint density at radius 1 is 0.870 bits per heavy atom. The minimum atomic E-state index is -0.437. The third kappa shape index (κ3) is 5.43. The molecule has 0 aliphatic rings. The second kappa shape index (κ2) is 8.20. The van der Waals surface area contributed by atoms with E-state index < -0.39 is 5.91 Å². The van der Waals surface area contributed by atoms with E-state index in [0.29, 0.717) is 16.6 Å². The predicted octanol–water partition coefficient (Wildman–Crippen LogP) is 3.69. The zero-order valence-corrected chi connectivity index (χ0v) is 14.2. The second-order valence-corrected chi connectivity index (χ2v) is 5.99. The topological polar surface area (TPSA) is 58.2 Å². The fourth-order valence-electron chi connectivity index (χ4n) is 1.79. The highest BCUT2D eigenvalue weighted by molar-refractivity contribution is 6.36. The Morgan fingerprint density at radius 3 is 2.17 bits per heavy atom. The van der Waals surface area contributed by atoms with Crippen LogP contribution in [-0.4, -0.2) is 18.4 Å². The van der Waals surface area contributed by atoms with Crippen molar-refractivity contribution in [2.24, 2.45) is 0 Å². The van der Waals surface area contributed by atoms with Gasteiger partial charge in [-0.15, -0.1) is 0 Å². The predicted molar refractivity (Wildman–Crippen MR) is 92.1 cm³/mol. The zero-order valence-electron chi connectivity index (χ0n) is 11.9. The molecule has 0 spiro atoms. The molecule has 0 unspecified atom stereocenters. The third-order valence-corrected chi connectivity index (χ3v) is 3.79. The van der Waals surface area contributed by atoms with Crippen molar-refractivity contribution in [2.45, 2.75) is 6.54 Å². The van der Waals surface area contributed by atoms with Gasteiger partial charge in [-0.1, -0.05) is 46.9 Å². The molecule has 0 fully saturated rings. The summed E-state index contributed by atoms with van der Waals surface area (Å²) in [5, 5.41) is 6.50. The highest BCUT2D eigenvalue weighted by atomic mass is 35.5. The molecule has 0 aliphatic heterocycles. The van der Waals surface area contributed by atoms with E-state index in [1.165, 1.54) is 12.1 Å². The van der Waals surface area contributed by atoms with E-state index in [1.54, 1.807) is 18.2 Å². The number of rotatable bonds is 5. The van der Waals surface area contributed by atoms with Gasteiger partial charge in [-0.2, -0.15) is 0 Å². The molecular formula is C16H13Cl3N2O2. The first kappa shape index (κ1) is 17.6. The van der Waals surface area contributed by atoms with E-state index in [0.717, 1.165) is 5.56 Å². The highest BCUT2D eigenvalue weighted by Crippen LogP contribution is 2.20. The van der Waals surface area contributed by atoms with Crippen LogP contribution in [0.3, 0.4) is 0 Å². The van der Waals surface area contributed by atoms with Crippen molar-refractivity contribution in [3.8, 4) is 0 Å². The summed E-state index contributed by atoms with van der Waals surface area (Å²) in [5.41, 5.74) is 1.18. The summed E-state index contributed by atoms with van der Waals surface area (Å²) in [4.78, 5) is 23.7. The molecule has 0 heterocycles. The van der Waals surface area contributed by atoms with E-state index in [9.17, 15) is 9.59 Å². The van der Waals surface area contributed by atoms with Gasteiger partial charge in [0.15, 0.2) is 0 Å². The molecule has 0 radical (unpaired) electrons. The number of hydrogen-bond donors (Lipinski definition) is 2. The van der Waals surface area contributed by atoms with Gasteiger partial charge in [0.05, 0.1) is 17.1 Å². The quantitative estimate of drug-likeness (QED) is 0.842. The van der Waals surface area contributed by atoms with Crippen LogP contribution in [0.2, 0.25) is 15.1 Å². The van der Waals surface area contributed by atoms with Gasteiger partial charge in [0, 0.05) is 16.6 Å². The van der Waals surface area contributed by atoms with Gasteiger partial charge in [-0.05, 0) is 35.9 Å². The first-order chi connectivity index (χ1) is 11.0. The summed E-state index contributed by atoms with van der Waals surface area (Å²) in [7, 11) is 0. The summed E-state index contributed by atoms with van der Waals surface area (Å²) in [5.74, 6) is -0.744. The molecule has 2 aromatic carbocycles. The Morgan fingerprint density at radius 2 is 1.52 bits per heavy atom. The molecule has 0 aliphatic carbocycles. The number of carbonyl (C=O) groups is 2. The van der Waals surface area contributed by atoms with Crippen molar-refractivity contribution in [2.75, 3.05) is 6.54 Å². The number of hydrogen-bond acceptors (Lipinski definition) is 2. The molecule has 0 bridgehead atoms. The van der Waals surface area contributed by atoms with Crippen LogP contribution >= 0.6 is 34.8 Å². The Balaban J connectivity index is 1.81. The van der Waals surface area contributed by atoms with Crippen LogP contribution < -0.4 is 10.6 Å². The van der Waals surface area contributed by atoms with Gasteiger partial charge >= 0.3 is 0 Å². The van der Waals surface area contributed by atoms with Gasteiger partial charge in [-0.25, -0.2) is 0 Å². The SMILES string of the molecule is O=C(CNC(=O)c1ccc(Cl)cc1Cl)NCc1ccc(Cl)cc1. The minimum Gasteiger partial charge on any atom is -0.350 e.